The fourth-order valence-electron chi connectivity index (χ4n) is 1.22. The fourth-order valence-corrected chi connectivity index (χ4v) is 1.22. The molecule has 2 aromatic rings. The van der Waals surface area contributed by atoms with Gasteiger partial charge in [-0.2, -0.15) is 0 Å². The Labute approximate surface area is 82.6 Å². The highest BCUT2D eigenvalue weighted by atomic mass is 15.4. The lowest BCUT2D eigenvalue weighted by Crippen LogP contribution is -1.98. The van der Waals surface area contributed by atoms with E-state index >= 15 is 0 Å². The van der Waals surface area contributed by atoms with Crippen molar-refractivity contribution in [2.75, 3.05) is 0 Å². The Kier molecular flexibility index (Phi) is 2.26. The second-order valence-corrected chi connectivity index (χ2v) is 3.44. The molecule has 0 unspecified atom stereocenters. The van der Waals surface area contributed by atoms with Crippen LogP contribution in [-0.2, 0) is 0 Å². The van der Waals surface area contributed by atoms with Crippen molar-refractivity contribution in [2.45, 2.75) is 19.8 Å². The van der Waals surface area contributed by atoms with E-state index in [9.17, 15) is 0 Å². The third-order valence-electron chi connectivity index (χ3n) is 2.05. The van der Waals surface area contributed by atoms with Crippen molar-refractivity contribution in [2.24, 2.45) is 0 Å². The van der Waals surface area contributed by atoms with Crippen LogP contribution < -0.4 is 0 Å². The van der Waals surface area contributed by atoms with Gasteiger partial charge in [0.1, 0.15) is 0 Å². The molecule has 14 heavy (non-hydrogen) atoms. The molecule has 2 rings (SSSR count). The maximum atomic E-state index is 4.35. The third kappa shape index (κ3) is 1.64. The average molecular weight is 188 g/mol. The first kappa shape index (κ1) is 8.87. The standard InChI is InChI=1S/C10H12N4/c1-8(2)10-4-3-9(7-11-10)14-6-5-12-13-14/h3-8H,1-2H3. The van der Waals surface area contributed by atoms with Crippen LogP contribution in [-0.4, -0.2) is 20.0 Å². The first-order chi connectivity index (χ1) is 6.77. The molecule has 2 aromatic heterocycles. The van der Waals surface area contributed by atoms with E-state index in [1.165, 1.54) is 0 Å². The van der Waals surface area contributed by atoms with E-state index in [1.54, 1.807) is 17.1 Å². The number of rotatable bonds is 2. The Bertz CT molecular complexity index is 389. The van der Waals surface area contributed by atoms with Gasteiger partial charge in [-0.15, -0.1) is 5.10 Å². The van der Waals surface area contributed by atoms with Crippen molar-refractivity contribution in [3.8, 4) is 5.69 Å². The summed E-state index contributed by atoms with van der Waals surface area (Å²) in [5.41, 5.74) is 2.03. The van der Waals surface area contributed by atoms with Crippen LogP contribution in [0.5, 0.6) is 0 Å². The molecule has 0 aliphatic carbocycles. The first-order valence-corrected chi connectivity index (χ1v) is 4.60. The van der Waals surface area contributed by atoms with E-state index in [4.69, 9.17) is 0 Å². The molecule has 0 amide bonds. The largest absolute Gasteiger partial charge is 0.259 e. The zero-order valence-corrected chi connectivity index (χ0v) is 8.25. The quantitative estimate of drug-likeness (QED) is 0.721. The van der Waals surface area contributed by atoms with E-state index in [1.807, 2.05) is 18.3 Å². The molecule has 0 N–H and O–H groups in total. The van der Waals surface area contributed by atoms with Gasteiger partial charge in [-0.1, -0.05) is 19.1 Å². The molecule has 0 saturated carbocycles. The lowest BCUT2D eigenvalue weighted by Gasteiger charge is -2.04. The van der Waals surface area contributed by atoms with Crippen LogP contribution >= 0.6 is 0 Å². The van der Waals surface area contributed by atoms with Crippen molar-refractivity contribution < 1.29 is 0 Å². The smallest absolute Gasteiger partial charge is 0.0846 e. The zero-order valence-electron chi connectivity index (χ0n) is 8.25. The molecular formula is C10H12N4. The molecule has 0 spiro atoms. The zero-order chi connectivity index (χ0) is 9.97. The van der Waals surface area contributed by atoms with Gasteiger partial charge in [-0.25, -0.2) is 4.68 Å². The van der Waals surface area contributed by atoms with Crippen LogP contribution in [0.1, 0.15) is 25.5 Å². The summed E-state index contributed by atoms with van der Waals surface area (Å²) in [7, 11) is 0. The Morgan fingerprint density at radius 3 is 2.64 bits per heavy atom. The molecule has 0 saturated heterocycles. The second kappa shape index (κ2) is 3.57. The van der Waals surface area contributed by atoms with Crippen molar-refractivity contribution in [1.29, 1.82) is 0 Å². The van der Waals surface area contributed by atoms with Crippen molar-refractivity contribution >= 4 is 0 Å². The molecule has 0 bridgehead atoms. The van der Waals surface area contributed by atoms with Crippen molar-refractivity contribution in [3.63, 3.8) is 0 Å². The lowest BCUT2D eigenvalue weighted by atomic mass is 10.1. The van der Waals surface area contributed by atoms with Crippen LogP contribution in [0, 0.1) is 0 Å². The summed E-state index contributed by atoms with van der Waals surface area (Å²) in [6, 6.07) is 4.01. The van der Waals surface area contributed by atoms with Crippen LogP contribution in [0.4, 0.5) is 0 Å². The Balaban J connectivity index is 2.31. The Morgan fingerprint density at radius 2 is 2.14 bits per heavy atom. The molecule has 2 heterocycles. The summed E-state index contributed by atoms with van der Waals surface area (Å²) in [5.74, 6) is 0.458. The van der Waals surface area contributed by atoms with Crippen molar-refractivity contribution in [1.82, 2.24) is 20.0 Å². The maximum absolute atomic E-state index is 4.35. The number of hydrogen-bond donors (Lipinski definition) is 0. The number of nitrogens with zero attached hydrogens (tertiary/aromatic N) is 4. The van der Waals surface area contributed by atoms with Gasteiger partial charge in [0.05, 0.1) is 24.3 Å². The van der Waals surface area contributed by atoms with Gasteiger partial charge in [-0.3, -0.25) is 4.98 Å². The molecule has 4 nitrogen and oxygen atoms in total. The summed E-state index contributed by atoms with van der Waals surface area (Å²) >= 11 is 0. The number of hydrogen-bond acceptors (Lipinski definition) is 3. The minimum atomic E-state index is 0.458. The van der Waals surface area contributed by atoms with Gasteiger partial charge in [-0.05, 0) is 18.1 Å². The predicted octanol–water partition coefficient (Wildman–Crippen LogP) is 1.79. The topological polar surface area (TPSA) is 43.6 Å². The molecular weight excluding hydrogens is 176 g/mol. The van der Waals surface area contributed by atoms with Gasteiger partial charge in [0.2, 0.25) is 0 Å². The average Bonchev–Trinajstić information content (AvgIpc) is 2.71. The summed E-state index contributed by atoms with van der Waals surface area (Å²) in [6.07, 6.45) is 5.26. The van der Waals surface area contributed by atoms with Crippen molar-refractivity contribution in [3.05, 3.63) is 36.4 Å². The SMILES string of the molecule is CC(C)c1ccc(-n2ccnn2)cn1. The first-order valence-electron chi connectivity index (χ1n) is 4.60. The van der Waals surface area contributed by atoms with Gasteiger partial charge in [0.25, 0.3) is 0 Å². The molecule has 0 aliphatic rings. The van der Waals surface area contributed by atoms with E-state index in [-0.39, 0.29) is 0 Å². The Morgan fingerprint density at radius 1 is 1.29 bits per heavy atom. The van der Waals surface area contributed by atoms with E-state index in [0.717, 1.165) is 11.4 Å². The Hall–Kier alpha value is -1.71. The minimum Gasteiger partial charge on any atom is -0.259 e. The van der Waals surface area contributed by atoms with Crippen LogP contribution in [0.2, 0.25) is 0 Å². The number of aromatic nitrogens is 4. The highest BCUT2D eigenvalue weighted by Crippen LogP contribution is 2.12. The van der Waals surface area contributed by atoms with E-state index in [0.29, 0.717) is 5.92 Å². The predicted molar refractivity (Wildman–Crippen MR) is 53.2 cm³/mol. The lowest BCUT2D eigenvalue weighted by molar-refractivity contribution is 0.784. The van der Waals surface area contributed by atoms with Gasteiger partial charge in [0, 0.05) is 5.69 Å². The van der Waals surface area contributed by atoms with Crippen LogP contribution in [0.15, 0.2) is 30.7 Å². The van der Waals surface area contributed by atoms with Gasteiger partial charge in [0.15, 0.2) is 0 Å². The maximum Gasteiger partial charge on any atom is 0.0846 e. The molecule has 0 aliphatic heterocycles. The highest BCUT2D eigenvalue weighted by Gasteiger charge is 2.01. The van der Waals surface area contributed by atoms with Crippen LogP contribution in [0.25, 0.3) is 5.69 Å². The molecule has 0 atom stereocenters. The van der Waals surface area contributed by atoms with E-state index < -0.39 is 0 Å². The summed E-state index contributed by atoms with van der Waals surface area (Å²) in [6.45, 7) is 4.24. The monoisotopic (exact) mass is 188 g/mol. The molecule has 0 aromatic carbocycles. The van der Waals surface area contributed by atoms with Crippen LogP contribution in [0.3, 0.4) is 0 Å². The molecule has 0 radical (unpaired) electrons. The normalized spacial score (nSPS) is 10.8. The van der Waals surface area contributed by atoms with Gasteiger partial charge < -0.3 is 0 Å². The third-order valence-corrected chi connectivity index (χ3v) is 2.05. The molecule has 72 valence electrons. The van der Waals surface area contributed by atoms with Gasteiger partial charge >= 0.3 is 0 Å². The summed E-state index contributed by atoms with van der Waals surface area (Å²) in [5, 5.41) is 7.63. The summed E-state index contributed by atoms with van der Waals surface area (Å²) < 4.78 is 1.69. The second-order valence-electron chi connectivity index (χ2n) is 3.44. The fraction of sp³-hybridized carbons (Fsp3) is 0.300. The number of pyridine rings is 1. The summed E-state index contributed by atoms with van der Waals surface area (Å²) in [4.78, 5) is 4.35. The highest BCUT2D eigenvalue weighted by molar-refractivity contribution is 5.28. The molecule has 4 heteroatoms. The molecule has 0 fully saturated rings. The van der Waals surface area contributed by atoms with E-state index in [2.05, 4.69) is 29.1 Å². The minimum absolute atomic E-state index is 0.458.